The van der Waals surface area contributed by atoms with Crippen LogP contribution in [-0.4, -0.2) is 9.49 Å². The molecular weight excluding hydrogens is 492 g/mol. The van der Waals surface area contributed by atoms with Gasteiger partial charge in [-0.3, -0.25) is 10.1 Å². The molecule has 6 aromatic carbocycles. The van der Waals surface area contributed by atoms with Crippen molar-refractivity contribution in [2.75, 3.05) is 0 Å². The van der Waals surface area contributed by atoms with Gasteiger partial charge in [-0.05, 0) is 64.2 Å². The van der Waals surface area contributed by atoms with Crippen molar-refractivity contribution in [1.82, 2.24) is 4.57 Å². The number of aromatic nitrogens is 1. The molecule has 0 N–H and O–H groups in total. The highest BCUT2D eigenvalue weighted by Crippen LogP contribution is 2.41. The normalized spacial score (nSPS) is 11.2. The number of rotatable bonds is 5. The number of nitro benzene ring substituents is 1. The summed E-state index contributed by atoms with van der Waals surface area (Å²) in [6.07, 6.45) is 0. The monoisotopic (exact) mass is 516 g/mol. The summed E-state index contributed by atoms with van der Waals surface area (Å²) in [5.41, 5.74) is 8.35. The maximum Gasteiger partial charge on any atom is 0.300 e. The van der Waals surface area contributed by atoms with E-state index in [-0.39, 0.29) is 10.6 Å². The van der Waals surface area contributed by atoms with Gasteiger partial charge in [-0.25, -0.2) is 0 Å². The van der Waals surface area contributed by atoms with Crippen LogP contribution in [0.1, 0.15) is 0 Å². The average Bonchev–Trinajstić information content (AvgIpc) is 3.34. The lowest BCUT2D eigenvalue weighted by atomic mass is 10.0. The molecule has 0 fully saturated rings. The molecular formula is C36H24N2O2. The molecule has 0 bridgehead atoms. The fraction of sp³-hybridized carbons (Fsp3) is 0. The van der Waals surface area contributed by atoms with E-state index in [1.807, 2.05) is 89.5 Å². The first-order chi connectivity index (χ1) is 19.7. The summed E-state index contributed by atoms with van der Waals surface area (Å²) in [5, 5.41) is 14.8. The molecule has 190 valence electrons. The van der Waals surface area contributed by atoms with Gasteiger partial charge < -0.3 is 4.57 Å². The Kier molecular flexibility index (Phi) is 5.72. The fourth-order valence-electron chi connectivity index (χ4n) is 5.66. The summed E-state index contributed by atoms with van der Waals surface area (Å²) >= 11 is 0. The van der Waals surface area contributed by atoms with Gasteiger partial charge >= 0.3 is 5.69 Å². The van der Waals surface area contributed by atoms with Crippen LogP contribution in [0.4, 0.5) is 5.69 Å². The Labute approximate surface area is 231 Å². The summed E-state index contributed by atoms with van der Waals surface area (Å²) in [7, 11) is 0. The summed E-state index contributed by atoms with van der Waals surface area (Å²) in [6.45, 7) is 0. The molecule has 4 heteroatoms. The first-order valence-electron chi connectivity index (χ1n) is 13.2. The molecule has 7 rings (SSSR count). The molecule has 0 amide bonds. The third-order valence-electron chi connectivity index (χ3n) is 7.50. The van der Waals surface area contributed by atoms with Crippen LogP contribution in [0.3, 0.4) is 0 Å². The Bertz CT molecular complexity index is 1910. The lowest BCUT2D eigenvalue weighted by Gasteiger charge is -2.12. The number of hydrogen-bond donors (Lipinski definition) is 0. The highest BCUT2D eigenvalue weighted by atomic mass is 16.6. The molecule has 40 heavy (non-hydrogen) atoms. The van der Waals surface area contributed by atoms with E-state index in [0.29, 0.717) is 11.3 Å². The van der Waals surface area contributed by atoms with E-state index in [0.717, 1.165) is 49.6 Å². The van der Waals surface area contributed by atoms with Crippen LogP contribution in [0.15, 0.2) is 146 Å². The first-order valence-corrected chi connectivity index (χ1v) is 13.2. The standard InChI is InChI=1S/C36H24N2O2/c39-38(40)36-30(27-15-8-3-9-16-27)17-10-18-35(36)37-33-21-19-28(25-11-4-1-5-12-25)23-31(33)32-24-29(20-22-34(32)37)26-13-6-2-7-14-26/h1-24H. The first kappa shape index (κ1) is 23.6. The molecule has 1 heterocycles. The Morgan fingerprint density at radius 3 is 1.43 bits per heavy atom. The minimum atomic E-state index is -0.258. The van der Waals surface area contributed by atoms with Crippen LogP contribution in [0, 0.1) is 10.1 Å². The maximum absolute atomic E-state index is 12.7. The number of fused-ring (bicyclic) bond motifs is 3. The lowest BCUT2D eigenvalue weighted by molar-refractivity contribution is -0.383. The van der Waals surface area contributed by atoms with Crippen molar-refractivity contribution in [3.05, 3.63) is 156 Å². The zero-order chi connectivity index (χ0) is 27.1. The van der Waals surface area contributed by atoms with Crippen molar-refractivity contribution in [1.29, 1.82) is 0 Å². The molecule has 0 saturated heterocycles. The van der Waals surface area contributed by atoms with Gasteiger partial charge in [-0.2, -0.15) is 0 Å². The predicted molar refractivity (Wildman–Crippen MR) is 164 cm³/mol. The van der Waals surface area contributed by atoms with Crippen molar-refractivity contribution in [2.45, 2.75) is 0 Å². The maximum atomic E-state index is 12.7. The smallest absolute Gasteiger partial charge is 0.300 e. The molecule has 0 radical (unpaired) electrons. The fourth-order valence-corrected chi connectivity index (χ4v) is 5.66. The zero-order valence-electron chi connectivity index (χ0n) is 21.6. The Morgan fingerprint density at radius 2 is 0.950 bits per heavy atom. The number of nitro groups is 1. The second-order valence-corrected chi connectivity index (χ2v) is 9.83. The van der Waals surface area contributed by atoms with Crippen molar-refractivity contribution in [3.8, 4) is 39.1 Å². The van der Waals surface area contributed by atoms with Gasteiger partial charge in [0, 0.05) is 10.8 Å². The van der Waals surface area contributed by atoms with Crippen molar-refractivity contribution < 1.29 is 4.92 Å². The molecule has 0 aliphatic rings. The Hall–Kier alpha value is -5.48. The predicted octanol–water partition coefficient (Wildman–Crippen LogP) is 9.69. The van der Waals surface area contributed by atoms with Crippen molar-refractivity contribution in [2.24, 2.45) is 0 Å². The summed E-state index contributed by atoms with van der Waals surface area (Å²) in [4.78, 5) is 12.4. The molecule has 0 aliphatic heterocycles. The second kappa shape index (κ2) is 9.68. The molecule has 0 aliphatic carbocycles. The molecule has 0 spiro atoms. The van der Waals surface area contributed by atoms with Gasteiger partial charge in [-0.15, -0.1) is 0 Å². The van der Waals surface area contributed by atoms with Crippen LogP contribution >= 0.6 is 0 Å². The zero-order valence-corrected chi connectivity index (χ0v) is 21.6. The van der Waals surface area contributed by atoms with E-state index in [2.05, 4.69) is 60.7 Å². The second-order valence-electron chi connectivity index (χ2n) is 9.83. The van der Waals surface area contributed by atoms with E-state index in [1.165, 1.54) is 0 Å². The van der Waals surface area contributed by atoms with E-state index in [4.69, 9.17) is 0 Å². The largest absolute Gasteiger partial charge is 0.303 e. The van der Waals surface area contributed by atoms with Crippen LogP contribution in [0.5, 0.6) is 0 Å². The van der Waals surface area contributed by atoms with Gasteiger partial charge in [0.15, 0.2) is 0 Å². The summed E-state index contributed by atoms with van der Waals surface area (Å²) in [6, 6.07) is 48.5. The SMILES string of the molecule is O=[N+]([O-])c1c(-c2ccccc2)cccc1-n1c2ccc(-c3ccccc3)cc2c2cc(-c3ccccc3)ccc21. The highest BCUT2D eigenvalue weighted by Gasteiger charge is 2.25. The van der Waals surface area contributed by atoms with Gasteiger partial charge in [0.1, 0.15) is 5.69 Å². The average molecular weight is 517 g/mol. The number of benzene rings is 6. The summed E-state index contributed by atoms with van der Waals surface area (Å²) in [5.74, 6) is 0. The summed E-state index contributed by atoms with van der Waals surface area (Å²) < 4.78 is 2.04. The Morgan fingerprint density at radius 1 is 0.475 bits per heavy atom. The minimum absolute atomic E-state index is 0.0896. The minimum Gasteiger partial charge on any atom is -0.303 e. The van der Waals surface area contributed by atoms with E-state index < -0.39 is 0 Å². The third-order valence-corrected chi connectivity index (χ3v) is 7.50. The van der Waals surface area contributed by atoms with E-state index in [9.17, 15) is 10.1 Å². The number of nitrogens with zero attached hydrogens (tertiary/aromatic N) is 2. The Balaban J connectivity index is 1.56. The number of hydrogen-bond acceptors (Lipinski definition) is 2. The van der Waals surface area contributed by atoms with E-state index >= 15 is 0 Å². The van der Waals surface area contributed by atoms with Crippen LogP contribution in [0.25, 0.3) is 60.9 Å². The lowest BCUT2D eigenvalue weighted by Crippen LogP contribution is -2.02. The van der Waals surface area contributed by atoms with Crippen molar-refractivity contribution in [3.63, 3.8) is 0 Å². The molecule has 0 unspecified atom stereocenters. The quantitative estimate of drug-likeness (QED) is 0.169. The topological polar surface area (TPSA) is 48.1 Å². The van der Waals surface area contributed by atoms with Gasteiger partial charge in [-0.1, -0.05) is 109 Å². The number of para-hydroxylation sites is 1. The molecule has 4 nitrogen and oxygen atoms in total. The van der Waals surface area contributed by atoms with E-state index in [1.54, 1.807) is 0 Å². The highest BCUT2D eigenvalue weighted by molar-refractivity contribution is 6.12. The third kappa shape index (κ3) is 3.94. The molecule has 1 aromatic heterocycles. The van der Waals surface area contributed by atoms with Crippen LogP contribution < -0.4 is 0 Å². The molecule has 0 atom stereocenters. The molecule has 0 saturated carbocycles. The molecule has 7 aromatic rings. The van der Waals surface area contributed by atoms with Crippen molar-refractivity contribution >= 4 is 27.5 Å². The van der Waals surface area contributed by atoms with Crippen LogP contribution in [0.2, 0.25) is 0 Å². The van der Waals surface area contributed by atoms with Crippen LogP contribution in [-0.2, 0) is 0 Å². The van der Waals surface area contributed by atoms with Gasteiger partial charge in [0.05, 0.1) is 21.5 Å². The van der Waals surface area contributed by atoms with Gasteiger partial charge in [0.2, 0.25) is 0 Å². The van der Waals surface area contributed by atoms with Gasteiger partial charge in [0.25, 0.3) is 0 Å².